The van der Waals surface area contributed by atoms with E-state index in [0.717, 1.165) is 28.8 Å². The third-order valence-electron chi connectivity index (χ3n) is 5.99. The van der Waals surface area contributed by atoms with Gasteiger partial charge in [0, 0.05) is 23.7 Å². The number of hydrogen-bond acceptors (Lipinski definition) is 2. The van der Waals surface area contributed by atoms with E-state index in [0.29, 0.717) is 0 Å². The van der Waals surface area contributed by atoms with E-state index in [1.54, 1.807) is 12.0 Å². The molecule has 1 atom stereocenters. The highest BCUT2D eigenvalue weighted by molar-refractivity contribution is 6.11. The Bertz CT molecular complexity index is 791. The molecule has 0 aliphatic carbocycles. The minimum Gasteiger partial charge on any atom is -1.00 e. The number of carbonyl (C=O) groups is 1. The first-order valence-electron chi connectivity index (χ1n) is 9.46. The van der Waals surface area contributed by atoms with Crippen LogP contribution in [0.25, 0.3) is 10.9 Å². The topological polar surface area (TPSA) is 35.7 Å². The lowest BCUT2D eigenvalue weighted by atomic mass is 9.93. The van der Waals surface area contributed by atoms with Crippen molar-refractivity contribution in [2.24, 2.45) is 13.0 Å². The second-order valence-electron chi connectivity index (χ2n) is 7.59. The number of rotatable bonds is 5. The van der Waals surface area contributed by atoms with E-state index in [1.807, 2.05) is 19.2 Å². The van der Waals surface area contributed by atoms with E-state index < -0.39 is 0 Å². The van der Waals surface area contributed by atoms with E-state index in [-0.39, 0.29) is 24.1 Å². The van der Waals surface area contributed by atoms with Crippen LogP contribution in [0.1, 0.15) is 47.8 Å². The normalized spacial score (nSPS) is 16.3. The number of likely N-dealkylation sites (tertiary alicyclic amines) is 1. The zero-order chi connectivity index (χ0) is 18.1. The molecule has 2 aromatic rings. The minimum atomic E-state index is 0. The van der Waals surface area contributed by atoms with Crippen molar-refractivity contribution in [3.8, 4) is 5.75 Å². The van der Waals surface area contributed by atoms with Gasteiger partial charge in [-0.15, -0.1) is 0 Å². The van der Waals surface area contributed by atoms with Crippen molar-refractivity contribution < 1.29 is 26.8 Å². The summed E-state index contributed by atoms with van der Waals surface area (Å²) >= 11 is 0. The number of fused-ring (bicyclic) bond motifs is 1. The molecule has 0 saturated carbocycles. The fourth-order valence-electron chi connectivity index (χ4n) is 4.30. The Morgan fingerprint density at radius 1 is 1.23 bits per heavy atom. The van der Waals surface area contributed by atoms with Gasteiger partial charge in [-0.3, -0.25) is 4.79 Å². The lowest BCUT2D eigenvalue weighted by Crippen LogP contribution is -3.13. The molecule has 0 radical (unpaired) electrons. The number of Topliss-reactive ketones (excluding diaryl/α,β-unsaturated/α-hetero) is 1. The third-order valence-corrected chi connectivity index (χ3v) is 5.99. The van der Waals surface area contributed by atoms with Crippen LogP contribution in [0.15, 0.2) is 12.1 Å². The molecule has 5 heteroatoms. The Morgan fingerprint density at radius 3 is 2.50 bits per heavy atom. The summed E-state index contributed by atoms with van der Waals surface area (Å²) in [5.74, 6) is 1.14. The average molecular weight is 379 g/mol. The number of benzene rings is 1. The number of nitrogens with zero attached hydrogens (tertiary/aromatic N) is 1. The largest absolute Gasteiger partial charge is 1.00 e. The van der Waals surface area contributed by atoms with Crippen molar-refractivity contribution in [3.05, 3.63) is 29.0 Å². The van der Waals surface area contributed by atoms with Gasteiger partial charge < -0.3 is 26.6 Å². The number of hydrogen-bond donors (Lipinski definition) is 1. The molecule has 0 spiro atoms. The maximum atomic E-state index is 13.2. The van der Waals surface area contributed by atoms with Crippen molar-refractivity contribution in [2.75, 3.05) is 26.7 Å². The van der Waals surface area contributed by atoms with Gasteiger partial charge in [0.05, 0.1) is 38.2 Å². The molecule has 0 amide bonds. The number of quaternary nitrogens is 1. The van der Waals surface area contributed by atoms with Crippen molar-refractivity contribution in [1.82, 2.24) is 4.57 Å². The molecule has 1 saturated heterocycles. The highest BCUT2D eigenvalue weighted by Crippen LogP contribution is 2.35. The molecule has 2 heterocycles. The van der Waals surface area contributed by atoms with Crippen LogP contribution < -0.4 is 22.0 Å². The molecule has 3 rings (SSSR count). The molecule has 1 unspecified atom stereocenters. The van der Waals surface area contributed by atoms with Crippen molar-refractivity contribution in [2.45, 2.75) is 40.0 Å². The number of ketones is 1. The van der Waals surface area contributed by atoms with Gasteiger partial charge in [0.25, 0.3) is 0 Å². The molecule has 0 bridgehead atoms. The first kappa shape index (κ1) is 20.8. The predicted molar refractivity (Wildman–Crippen MR) is 102 cm³/mol. The second-order valence-corrected chi connectivity index (χ2v) is 7.59. The molecule has 1 N–H and O–H groups in total. The fourth-order valence-corrected chi connectivity index (χ4v) is 4.30. The SMILES string of the molecule is COc1ccc(C(=O)C(C)C[NH+]2CCCCC2)c2c(C)c(C)n(C)c12.[Cl-]. The van der Waals surface area contributed by atoms with Crippen LogP contribution in [0.2, 0.25) is 0 Å². The minimum absolute atomic E-state index is 0. The number of ether oxygens (including phenoxy) is 1. The highest BCUT2D eigenvalue weighted by atomic mass is 35.5. The monoisotopic (exact) mass is 378 g/mol. The summed E-state index contributed by atoms with van der Waals surface area (Å²) in [6.45, 7) is 9.65. The molecule has 1 fully saturated rings. The number of nitrogens with one attached hydrogen (secondary N) is 1. The molecule has 4 nitrogen and oxygen atoms in total. The average Bonchev–Trinajstić information content (AvgIpc) is 2.86. The summed E-state index contributed by atoms with van der Waals surface area (Å²) in [6.07, 6.45) is 3.92. The van der Waals surface area contributed by atoms with Crippen LogP contribution in [-0.4, -0.2) is 37.1 Å². The Labute approximate surface area is 162 Å². The Hall–Kier alpha value is -1.52. The number of piperidine rings is 1. The lowest BCUT2D eigenvalue weighted by Gasteiger charge is -2.26. The number of aryl methyl sites for hydroxylation is 2. The standard InChI is InChI=1S/C21H30N2O2.ClH/c1-14(13-23-11-7-6-8-12-23)21(24)17-9-10-18(25-5)20-19(17)15(2)16(3)22(20)4;/h9-10,14H,6-8,11-13H2,1-5H3;1H. The van der Waals surface area contributed by atoms with Gasteiger partial charge >= 0.3 is 0 Å². The lowest BCUT2D eigenvalue weighted by molar-refractivity contribution is -0.906. The van der Waals surface area contributed by atoms with E-state index in [1.165, 1.54) is 43.6 Å². The number of carbonyl (C=O) groups excluding carboxylic acids is 1. The number of aromatic nitrogens is 1. The Balaban J connectivity index is 0.00000243. The van der Waals surface area contributed by atoms with Gasteiger partial charge in [0.2, 0.25) is 0 Å². The van der Waals surface area contributed by atoms with Crippen LogP contribution >= 0.6 is 0 Å². The van der Waals surface area contributed by atoms with E-state index in [2.05, 4.69) is 25.3 Å². The number of methoxy groups -OCH3 is 1. The molecule has 26 heavy (non-hydrogen) atoms. The van der Waals surface area contributed by atoms with Gasteiger partial charge in [-0.05, 0) is 57.7 Å². The smallest absolute Gasteiger partial charge is 0.171 e. The van der Waals surface area contributed by atoms with Crippen molar-refractivity contribution in [3.63, 3.8) is 0 Å². The Morgan fingerprint density at radius 2 is 1.88 bits per heavy atom. The molecule has 144 valence electrons. The number of halogens is 1. The summed E-state index contributed by atoms with van der Waals surface area (Å²) in [7, 11) is 3.74. The van der Waals surface area contributed by atoms with E-state index in [9.17, 15) is 4.79 Å². The van der Waals surface area contributed by atoms with Gasteiger partial charge in [-0.1, -0.05) is 0 Å². The van der Waals surface area contributed by atoms with Crippen LogP contribution in [-0.2, 0) is 7.05 Å². The highest BCUT2D eigenvalue weighted by Gasteiger charge is 2.26. The molecule has 1 aromatic carbocycles. The zero-order valence-electron chi connectivity index (χ0n) is 16.6. The predicted octanol–water partition coefficient (Wildman–Crippen LogP) is -0.305. The quantitative estimate of drug-likeness (QED) is 0.725. The first-order valence-corrected chi connectivity index (χ1v) is 9.46. The second kappa shape index (κ2) is 8.45. The maximum Gasteiger partial charge on any atom is 0.171 e. The molecular formula is C21H31ClN2O2. The van der Waals surface area contributed by atoms with Crippen LogP contribution in [0.4, 0.5) is 0 Å². The van der Waals surface area contributed by atoms with Gasteiger partial charge in [0.15, 0.2) is 5.78 Å². The van der Waals surface area contributed by atoms with Crippen LogP contribution in [0.3, 0.4) is 0 Å². The van der Waals surface area contributed by atoms with Crippen molar-refractivity contribution in [1.29, 1.82) is 0 Å². The summed E-state index contributed by atoms with van der Waals surface area (Å²) in [5.41, 5.74) is 4.24. The van der Waals surface area contributed by atoms with Gasteiger partial charge in [-0.2, -0.15) is 0 Å². The molecule has 1 aromatic heterocycles. The maximum absolute atomic E-state index is 13.2. The summed E-state index contributed by atoms with van der Waals surface area (Å²) < 4.78 is 7.70. The molecule has 1 aliphatic heterocycles. The van der Waals surface area contributed by atoms with Gasteiger partial charge in [0.1, 0.15) is 5.75 Å². The zero-order valence-corrected chi connectivity index (χ0v) is 17.4. The molecule has 1 aliphatic rings. The van der Waals surface area contributed by atoms with Crippen LogP contribution in [0.5, 0.6) is 5.75 Å². The molecular weight excluding hydrogens is 348 g/mol. The summed E-state index contributed by atoms with van der Waals surface area (Å²) in [4.78, 5) is 14.8. The van der Waals surface area contributed by atoms with E-state index >= 15 is 0 Å². The van der Waals surface area contributed by atoms with Crippen LogP contribution in [0, 0.1) is 19.8 Å². The van der Waals surface area contributed by atoms with Crippen molar-refractivity contribution >= 4 is 16.7 Å². The summed E-state index contributed by atoms with van der Waals surface area (Å²) in [5, 5.41) is 1.06. The Kier molecular flexibility index (Phi) is 6.75. The fraction of sp³-hybridized carbons (Fsp3) is 0.571. The van der Waals surface area contributed by atoms with E-state index in [4.69, 9.17) is 4.74 Å². The van der Waals surface area contributed by atoms with Gasteiger partial charge in [-0.25, -0.2) is 0 Å². The summed E-state index contributed by atoms with van der Waals surface area (Å²) in [6, 6.07) is 3.90. The first-order chi connectivity index (χ1) is 12.0. The third kappa shape index (κ3) is 3.63.